The molecular formula is C11H9BrClN. The van der Waals surface area contributed by atoms with Gasteiger partial charge in [0.2, 0.25) is 0 Å². The van der Waals surface area contributed by atoms with Crippen LogP contribution in [0.5, 0.6) is 0 Å². The predicted molar refractivity (Wildman–Crippen MR) is 62.2 cm³/mol. The van der Waals surface area contributed by atoms with Crippen molar-refractivity contribution in [1.82, 2.24) is 0 Å². The van der Waals surface area contributed by atoms with Crippen molar-refractivity contribution in [3.05, 3.63) is 33.3 Å². The number of nitrogens with two attached hydrogens (primary N) is 1. The van der Waals surface area contributed by atoms with Crippen molar-refractivity contribution in [3.63, 3.8) is 0 Å². The van der Waals surface area contributed by atoms with Gasteiger partial charge in [-0.2, -0.15) is 0 Å². The summed E-state index contributed by atoms with van der Waals surface area (Å²) in [6, 6.07) is 5.62. The molecule has 2 rings (SSSR count). The summed E-state index contributed by atoms with van der Waals surface area (Å²) in [5.41, 5.74) is 6.58. The zero-order valence-electron chi connectivity index (χ0n) is 7.48. The van der Waals surface area contributed by atoms with Crippen LogP contribution in [-0.4, -0.2) is 5.54 Å². The molecule has 0 saturated heterocycles. The lowest BCUT2D eigenvalue weighted by Gasteiger charge is -1.97. The largest absolute Gasteiger partial charge is 0.315 e. The molecule has 1 aliphatic rings. The molecule has 0 unspecified atom stereocenters. The third kappa shape index (κ3) is 2.30. The monoisotopic (exact) mass is 269 g/mol. The van der Waals surface area contributed by atoms with Gasteiger partial charge in [0.1, 0.15) is 0 Å². The smallest absolute Gasteiger partial charge is 0.0781 e. The molecule has 72 valence electrons. The van der Waals surface area contributed by atoms with Gasteiger partial charge in [0.25, 0.3) is 0 Å². The minimum atomic E-state index is -0.216. The Morgan fingerprint density at radius 2 is 2.14 bits per heavy atom. The van der Waals surface area contributed by atoms with Crippen molar-refractivity contribution >= 4 is 27.5 Å². The fourth-order valence-corrected chi connectivity index (χ4v) is 1.53. The summed E-state index contributed by atoms with van der Waals surface area (Å²) in [6.07, 6.45) is 2.02. The number of rotatable bonds is 0. The normalized spacial score (nSPS) is 17.1. The van der Waals surface area contributed by atoms with Crippen LogP contribution in [0.15, 0.2) is 22.7 Å². The standard InChI is InChI=1S/C11H9BrClN/c12-9-7-8(1-2-10(9)13)3-4-11(14)5-6-11/h1-2,7H,5-6,14H2. The first-order valence-electron chi connectivity index (χ1n) is 4.36. The molecule has 0 spiro atoms. The van der Waals surface area contributed by atoms with Gasteiger partial charge in [0, 0.05) is 10.0 Å². The van der Waals surface area contributed by atoms with Crippen molar-refractivity contribution in [2.24, 2.45) is 5.73 Å². The van der Waals surface area contributed by atoms with Crippen molar-refractivity contribution < 1.29 is 0 Å². The average Bonchev–Trinajstić information content (AvgIpc) is 2.87. The Labute approximate surface area is 96.8 Å². The van der Waals surface area contributed by atoms with E-state index in [4.69, 9.17) is 17.3 Å². The summed E-state index contributed by atoms with van der Waals surface area (Å²) in [7, 11) is 0. The maximum absolute atomic E-state index is 5.86. The van der Waals surface area contributed by atoms with Crippen LogP contribution in [0.4, 0.5) is 0 Å². The van der Waals surface area contributed by atoms with E-state index in [1.54, 1.807) is 0 Å². The zero-order chi connectivity index (χ0) is 10.2. The first kappa shape index (κ1) is 10.0. The number of hydrogen-bond acceptors (Lipinski definition) is 1. The highest BCUT2D eigenvalue weighted by Crippen LogP contribution is 2.31. The van der Waals surface area contributed by atoms with E-state index < -0.39 is 0 Å². The fraction of sp³-hybridized carbons (Fsp3) is 0.273. The van der Waals surface area contributed by atoms with E-state index in [2.05, 4.69) is 27.8 Å². The van der Waals surface area contributed by atoms with E-state index in [-0.39, 0.29) is 5.54 Å². The molecule has 1 aliphatic carbocycles. The van der Waals surface area contributed by atoms with E-state index in [1.165, 1.54) is 0 Å². The topological polar surface area (TPSA) is 26.0 Å². The quantitative estimate of drug-likeness (QED) is 0.721. The van der Waals surface area contributed by atoms with Crippen LogP contribution in [0.2, 0.25) is 5.02 Å². The van der Waals surface area contributed by atoms with Crippen LogP contribution in [0.1, 0.15) is 18.4 Å². The van der Waals surface area contributed by atoms with Gasteiger partial charge >= 0.3 is 0 Å². The molecule has 0 heterocycles. The van der Waals surface area contributed by atoms with E-state index in [0.717, 1.165) is 22.9 Å². The van der Waals surface area contributed by atoms with E-state index in [1.807, 2.05) is 18.2 Å². The molecule has 0 atom stereocenters. The van der Waals surface area contributed by atoms with Crippen molar-refractivity contribution in [3.8, 4) is 11.8 Å². The summed E-state index contributed by atoms with van der Waals surface area (Å²) in [4.78, 5) is 0. The third-order valence-corrected chi connectivity index (χ3v) is 3.38. The Hall–Kier alpha value is -0.490. The van der Waals surface area contributed by atoms with Gasteiger partial charge in [-0.25, -0.2) is 0 Å². The molecule has 1 fully saturated rings. The second-order valence-corrected chi connectivity index (χ2v) is 4.80. The van der Waals surface area contributed by atoms with Crippen LogP contribution >= 0.6 is 27.5 Å². The third-order valence-electron chi connectivity index (χ3n) is 2.16. The Morgan fingerprint density at radius 1 is 1.43 bits per heavy atom. The number of halogens is 2. The molecule has 2 N–H and O–H groups in total. The van der Waals surface area contributed by atoms with Crippen LogP contribution in [0.3, 0.4) is 0 Å². The SMILES string of the molecule is NC1(C#Cc2ccc(Cl)c(Br)c2)CC1. The van der Waals surface area contributed by atoms with Crippen molar-refractivity contribution in [2.75, 3.05) is 0 Å². The first-order chi connectivity index (χ1) is 6.59. The lowest BCUT2D eigenvalue weighted by atomic mass is 10.2. The molecule has 3 heteroatoms. The van der Waals surface area contributed by atoms with Gasteiger partial charge in [-0.3, -0.25) is 0 Å². The lowest BCUT2D eigenvalue weighted by molar-refractivity contribution is 0.890. The minimum absolute atomic E-state index is 0.216. The molecule has 1 aromatic carbocycles. The Kier molecular flexibility index (Phi) is 2.57. The van der Waals surface area contributed by atoms with E-state index >= 15 is 0 Å². The Balaban J connectivity index is 2.24. The first-order valence-corrected chi connectivity index (χ1v) is 5.53. The highest BCUT2D eigenvalue weighted by molar-refractivity contribution is 9.10. The molecule has 0 aliphatic heterocycles. The average molecular weight is 271 g/mol. The molecule has 0 bridgehead atoms. The van der Waals surface area contributed by atoms with Gasteiger partial charge in [-0.15, -0.1) is 0 Å². The van der Waals surface area contributed by atoms with Crippen LogP contribution < -0.4 is 5.73 Å². The molecule has 1 aromatic rings. The number of hydrogen-bond donors (Lipinski definition) is 1. The number of benzene rings is 1. The molecule has 0 amide bonds. The van der Waals surface area contributed by atoms with Crippen LogP contribution in [-0.2, 0) is 0 Å². The van der Waals surface area contributed by atoms with Gasteiger partial charge in [0.15, 0.2) is 0 Å². The van der Waals surface area contributed by atoms with E-state index in [0.29, 0.717) is 5.02 Å². The lowest BCUT2D eigenvalue weighted by Crippen LogP contribution is -2.18. The van der Waals surface area contributed by atoms with Gasteiger partial charge in [-0.05, 0) is 47.0 Å². The van der Waals surface area contributed by atoms with Crippen molar-refractivity contribution in [2.45, 2.75) is 18.4 Å². The second kappa shape index (κ2) is 3.58. The van der Waals surface area contributed by atoms with E-state index in [9.17, 15) is 0 Å². The molecule has 1 nitrogen and oxygen atoms in total. The summed E-state index contributed by atoms with van der Waals surface area (Å²) < 4.78 is 0.868. The summed E-state index contributed by atoms with van der Waals surface area (Å²) in [5, 5.41) is 0.699. The van der Waals surface area contributed by atoms with Gasteiger partial charge < -0.3 is 5.73 Å². The molecule has 0 radical (unpaired) electrons. The Morgan fingerprint density at radius 3 is 2.71 bits per heavy atom. The minimum Gasteiger partial charge on any atom is -0.315 e. The summed E-state index contributed by atoms with van der Waals surface area (Å²) in [5.74, 6) is 6.11. The molecular weight excluding hydrogens is 261 g/mol. The molecule has 1 saturated carbocycles. The maximum atomic E-state index is 5.86. The van der Waals surface area contributed by atoms with Gasteiger partial charge in [-0.1, -0.05) is 23.4 Å². The molecule has 0 aromatic heterocycles. The fourth-order valence-electron chi connectivity index (χ4n) is 1.03. The summed E-state index contributed by atoms with van der Waals surface area (Å²) in [6.45, 7) is 0. The highest BCUT2D eigenvalue weighted by atomic mass is 79.9. The highest BCUT2D eigenvalue weighted by Gasteiger charge is 2.36. The maximum Gasteiger partial charge on any atom is 0.0781 e. The summed E-state index contributed by atoms with van der Waals surface area (Å²) >= 11 is 9.21. The zero-order valence-corrected chi connectivity index (χ0v) is 9.82. The van der Waals surface area contributed by atoms with Crippen molar-refractivity contribution in [1.29, 1.82) is 0 Å². The predicted octanol–water partition coefficient (Wildman–Crippen LogP) is 2.95. The molecule has 14 heavy (non-hydrogen) atoms. The van der Waals surface area contributed by atoms with Crippen LogP contribution in [0, 0.1) is 11.8 Å². The van der Waals surface area contributed by atoms with Gasteiger partial charge in [0.05, 0.1) is 10.6 Å². The second-order valence-electron chi connectivity index (χ2n) is 3.54. The van der Waals surface area contributed by atoms with Crippen LogP contribution in [0.25, 0.3) is 0 Å². The Bertz CT molecular complexity index is 427.